The lowest BCUT2D eigenvalue weighted by Crippen LogP contribution is -1.93. The first kappa shape index (κ1) is 10.4. The highest BCUT2D eigenvalue weighted by atomic mass is 79.9. The Morgan fingerprint density at radius 2 is 2.33 bits per heavy atom. The van der Waals surface area contributed by atoms with Gasteiger partial charge < -0.3 is 4.74 Å². The number of halogens is 1. The Morgan fingerprint density at radius 1 is 1.47 bits per heavy atom. The lowest BCUT2D eigenvalue weighted by atomic mass is 10.6. The zero-order chi connectivity index (χ0) is 10.7. The van der Waals surface area contributed by atoms with Crippen molar-refractivity contribution >= 4 is 27.7 Å². The fraction of sp³-hybridized carbons (Fsp3) is 0.143. The second-order valence-electron chi connectivity index (χ2n) is 2.40. The van der Waals surface area contributed by atoms with E-state index < -0.39 is 0 Å². The van der Waals surface area contributed by atoms with Crippen LogP contribution in [0.1, 0.15) is 0 Å². The van der Waals surface area contributed by atoms with Crippen molar-refractivity contribution in [3.63, 3.8) is 0 Å². The molecular formula is C7H6BrN5OS. The summed E-state index contributed by atoms with van der Waals surface area (Å²) in [6.45, 7) is 0. The molecule has 0 aliphatic carbocycles. The topological polar surface area (TPSA) is 76.6 Å². The van der Waals surface area contributed by atoms with Crippen LogP contribution in [0, 0.1) is 0 Å². The van der Waals surface area contributed by atoms with E-state index in [1.807, 2.05) is 0 Å². The number of hydrogen-bond acceptors (Lipinski definition) is 6. The summed E-state index contributed by atoms with van der Waals surface area (Å²) >= 11 is 4.55. The SMILES string of the molecule is COc1nc(Sc2ncn[nH]2)ncc1Br. The highest BCUT2D eigenvalue weighted by Crippen LogP contribution is 2.26. The molecule has 0 spiro atoms. The van der Waals surface area contributed by atoms with Crippen molar-refractivity contribution < 1.29 is 4.74 Å². The smallest absolute Gasteiger partial charge is 0.231 e. The predicted molar refractivity (Wildman–Crippen MR) is 56.8 cm³/mol. The maximum Gasteiger partial charge on any atom is 0.231 e. The van der Waals surface area contributed by atoms with Crippen LogP contribution in [0.25, 0.3) is 0 Å². The third-order valence-corrected chi connectivity index (χ3v) is 2.78. The molecule has 2 heterocycles. The van der Waals surface area contributed by atoms with Gasteiger partial charge in [-0.2, -0.15) is 10.1 Å². The average molecular weight is 288 g/mol. The van der Waals surface area contributed by atoms with Crippen molar-refractivity contribution in [1.82, 2.24) is 25.1 Å². The van der Waals surface area contributed by atoms with Crippen LogP contribution in [0.2, 0.25) is 0 Å². The Hall–Kier alpha value is -1.15. The highest BCUT2D eigenvalue weighted by Gasteiger charge is 2.07. The minimum absolute atomic E-state index is 0.493. The van der Waals surface area contributed by atoms with Crippen molar-refractivity contribution in [3.8, 4) is 5.88 Å². The summed E-state index contributed by atoms with van der Waals surface area (Å²) in [5.41, 5.74) is 0. The third kappa shape index (κ3) is 2.45. The van der Waals surface area contributed by atoms with Crippen molar-refractivity contribution in [3.05, 3.63) is 17.0 Å². The molecule has 0 bridgehead atoms. The van der Waals surface area contributed by atoms with Crippen molar-refractivity contribution in [2.75, 3.05) is 7.11 Å². The van der Waals surface area contributed by atoms with E-state index in [4.69, 9.17) is 4.74 Å². The van der Waals surface area contributed by atoms with Crippen molar-refractivity contribution in [2.24, 2.45) is 0 Å². The molecule has 0 aromatic carbocycles. The van der Waals surface area contributed by atoms with Gasteiger partial charge >= 0.3 is 0 Å². The Labute approximate surface area is 98.0 Å². The molecule has 0 aliphatic rings. The normalized spacial score (nSPS) is 10.3. The van der Waals surface area contributed by atoms with Gasteiger partial charge in [-0.25, -0.2) is 9.97 Å². The summed E-state index contributed by atoms with van der Waals surface area (Å²) in [5.74, 6) is 0.493. The minimum atomic E-state index is 0.493. The molecule has 2 aromatic rings. The Kier molecular flexibility index (Phi) is 3.17. The number of aromatic amines is 1. The predicted octanol–water partition coefficient (Wildman–Crippen LogP) is 1.52. The van der Waals surface area contributed by atoms with Crippen molar-refractivity contribution in [2.45, 2.75) is 10.3 Å². The maximum absolute atomic E-state index is 5.05. The van der Waals surface area contributed by atoms with E-state index in [9.17, 15) is 0 Å². The monoisotopic (exact) mass is 287 g/mol. The van der Waals surface area contributed by atoms with Gasteiger partial charge in [-0.1, -0.05) is 0 Å². The lowest BCUT2D eigenvalue weighted by Gasteiger charge is -2.02. The molecule has 0 unspecified atom stereocenters. The van der Waals surface area contributed by atoms with Crippen LogP contribution in [0.15, 0.2) is 27.3 Å². The van der Waals surface area contributed by atoms with Gasteiger partial charge in [0.25, 0.3) is 0 Å². The molecule has 78 valence electrons. The lowest BCUT2D eigenvalue weighted by molar-refractivity contribution is 0.389. The first-order chi connectivity index (χ1) is 7.29. The van der Waals surface area contributed by atoms with Gasteiger partial charge in [0.15, 0.2) is 10.3 Å². The van der Waals surface area contributed by atoms with Gasteiger partial charge in [0, 0.05) is 6.20 Å². The first-order valence-corrected chi connectivity index (χ1v) is 5.50. The number of H-pyrrole nitrogens is 1. The third-order valence-electron chi connectivity index (χ3n) is 1.46. The quantitative estimate of drug-likeness (QED) is 0.863. The zero-order valence-corrected chi connectivity index (χ0v) is 10.0. The zero-order valence-electron chi connectivity index (χ0n) is 7.64. The van der Waals surface area contributed by atoms with Crippen LogP contribution < -0.4 is 4.74 Å². The van der Waals surface area contributed by atoms with Crippen LogP contribution in [0.3, 0.4) is 0 Å². The molecule has 1 N–H and O–H groups in total. The number of hydrogen-bond donors (Lipinski definition) is 1. The summed E-state index contributed by atoms with van der Waals surface area (Å²) in [6, 6.07) is 0. The van der Waals surface area contributed by atoms with E-state index in [2.05, 4.69) is 41.1 Å². The van der Waals surface area contributed by atoms with E-state index in [-0.39, 0.29) is 0 Å². The molecule has 0 radical (unpaired) electrons. The molecule has 15 heavy (non-hydrogen) atoms. The summed E-state index contributed by atoms with van der Waals surface area (Å²) in [5, 5.41) is 7.62. The molecule has 0 atom stereocenters. The summed E-state index contributed by atoms with van der Waals surface area (Å²) in [4.78, 5) is 12.2. The molecule has 2 aromatic heterocycles. The van der Waals surface area contributed by atoms with E-state index >= 15 is 0 Å². The van der Waals surface area contributed by atoms with Gasteiger partial charge in [-0.15, -0.1) is 0 Å². The molecule has 0 saturated heterocycles. The number of nitrogens with zero attached hydrogens (tertiary/aromatic N) is 4. The minimum Gasteiger partial charge on any atom is -0.480 e. The number of nitrogens with one attached hydrogen (secondary N) is 1. The van der Waals surface area contributed by atoms with E-state index in [0.717, 1.165) is 0 Å². The maximum atomic E-state index is 5.05. The molecule has 0 fully saturated rings. The highest BCUT2D eigenvalue weighted by molar-refractivity contribution is 9.10. The van der Waals surface area contributed by atoms with Crippen LogP contribution in [0.4, 0.5) is 0 Å². The fourth-order valence-corrected chi connectivity index (χ4v) is 1.82. The van der Waals surface area contributed by atoms with Crippen LogP contribution in [-0.2, 0) is 0 Å². The second-order valence-corrected chi connectivity index (χ2v) is 4.21. The van der Waals surface area contributed by atoms with Gasteiger partial charge in [0.2, 0.25) is 5.88 Å². The molecular weight excluding hydrogens is 282 g/mol. The molecule has 0 aliphatic heterocycles. The van der Waals surface area contributed by atoms with Crippen LogP contribution in [0.5, 0.6) is 5.88 Å². The average Bonchev–Trinajstić information content (AvgIpc) is 2.73. The Balaban J connectivity index is 2.22. The molecule has 0 amide bonds. The number of rotatable bonds is 3. The Bertz CT molecular complexity index is 449. The summed E-state index contributed by atoms with van der Waals surface area (Å²) in [7, 11) is 1.55. The van der Waals surface area contributed by atoms with Gasteiger partial charge in [-0.3, -0.25) is 5.10 Å². The van der Waals surface area contributed by atoms with Gasteiger partial charge in [0.05, 0.1) is 11.6 Å². The fourth-order valence-electron chi connectivity index (χ4n) is 0.858. The van der Waals surface area contributed by atoms with Crippen LogP contribution in [-0.4, -0.2) is 32.3 Å². The second kappa shape index (κ2) is 4.58. The Morgan fingerprint density at radius 3 is 3.00 bits per heavy atom. The van der Waals surface area contributed by atoms with Gasteiger partial charge in [-0.05, 0) is 27.7 Å². The molecule has 0 saturated carbocycles. The van der Waals surface area contributed by atoms with E-state index in [1.54, 1.807) is 13.3 Å². The first-order valence-electron chi connectivity index (χ1n) is 3.89. The molecule has 8 heteroatoms. The van der Waals surface area contributed by atoms with Crippen molar-refractivity contribution in [1.29, 1.82) is 0 Å². The van der Waals surface area contributed by atoms with Crippen LogP contribution >= 0.6 is 27.7 Å². The largest absolute Gasteiger partial charge is 0.480 e. The standard InChI is InChI=1S/C7H6BrN5OS/c1-14-5-4(8)2-9-6(12-5)15-7-10-3-11-13-7/h2-3H,1H3,(H,10,11,13). The molecule has 2 rings (SSSR count). The summed E-state index contributed by atoms with van der Waals surface area (Å²) in [6.07, 6.45) is 3.06. The van der Waals surface area contributed by atoms with E-state index in [1.165, 1.54) is 18.1 Å². The van der Waals surface area contributed by atoms with E-state index in [0.29, 0.717) is 20.7 Å². The number of aromatic nitrogens is 5. The molecule has 6 nitrogen and oxygen atoms in total. The summed E-state index contributed by atoms with van der Waals surface area (Å²) < 4.78 is 5.76. The number of methoxy groups -OCH3 is 1. The number of ether oxygens (including phenoxy) is 1. The van der Waals surface area contributed by atoms with Gasteiger partial charge in [0.1, 0.15) is 6.33 Å².